The van der Waals surface area contributed by atoms with Crippen molar-refractivity contribution in [2.75, 3.05) is 7.11 Å². The van der Waals surface area contributed by atoms with Gasteiger partial charge in [-0.2, -0.15) is 0 Å². The Hall–Kier alpha value is -2.30. The zero-order valence-corrected chi connectivity index (χ0v) is 11.7. The van der Waals surface area contributed by atoms with Gasteiger partial charge in [-0.05, 0) is 18.1 Å². The second-order valence-corrected chi connectivity index (χ2v) is 5.04. The molecule has 0 aliphatic heterocycles. The summed E-state index contributed by atoms with van der Waals surface area (Å²) < 4.78 is 6.10. The molecule has 0 saturated carbocycles. The minimum atomic E-state index is -0.823. The Balaban J connectivity index is 2.88. The zero-order chi connectivity index (χ0) is 14.9. The Kier molecular flexibility index (Phi) is 3.79. The van der Waals surface area contributed by atoms with Gasteiger partial charge < -0.3 is 14.4 Å². The first-order valence-electron chi connectivity index (χ1n) is 6.40. The summed E-state index contributed by atoms with van der Waals surface area (Å²) in [6.45, 7) is 4.42. The highest BCUT2D eigenvalue weighted by molar-refractivity contribution is 5.99. The van der Waals surface area contributed by atoms with Crippen molar-refractivity contribution in [2.45, 2.75) is 20.4 Å². The molecule has 5 heteroatoms. The summed E-state index contributed by atoms with van der Waals surface area (Å²) in [6, 6.07) is 6.95. The van der Waals surface area contributed by atoms with Gasteiger partial charge in [-0.25, -0.2) is 4.79 Å². The van der Waals surface area contributed by atoms with Crippen LogP contribution < -0.4 is 5.56 Å². The molecule has 1 heterocycles. The van der Waals surface area contributed by atoms with Crippen LogP contribution in [0.5, 0.6) is 5.75 Å². The van der Waals surface area contributed by atoms with E-state index in [9.17, 15) is 14.7 Å². The SMILES string of the molecule is COC(=O)c1c(O)c2ccccc2n(CC(C)C)c1=O. The number of ether oxygens (including phenoxy) is 1. The summed E-state index contributed by atoms with van der Waals surface area (Å²) in [5.74, 6) is -0.917. The molecule has 0 unspecified atom stereocenters. The Morgan fingerprint density at radius 3 is 2.60 bits per heavy atom. The topological polar surface area (TPSA) is 68.5 Å². The molecule has 20 heavy (non-hydrogen) atoms. The van der Waals surface area contributed by atoms with E-state index in [2.05, 4.69) is 4.74 Å². The van der Waals surface area contributed by atoms with Crippen LogP contribution in [-0.4, -0.2) is 22.8 Å². The van der Waals surface area contributed by atoms with Crippen molar-refractivity contribution in [3.05, 3.63) is 40.2 Å². The van der Waals surface area contributed by atoms with Crippen LogP contribution in [0.25, 0.3) is 10.9 Å². The second kappa shape index (κ2) is 5.36. The number of aromatic nitrogens is 1. The van der Waals surface area contributed by atoms with Crippen LogP contribution in [0, 0.1) is 5.92 Å². The number of methoxy groups -OCH3 is 1. The van der Waals surface area contributed by atoms with Crippen LogP contribution in [0.15, 0.2) is 29.1 Å². The Labute approximate surface area is 116 Å². The highest BCUT2D eigenvalue weighted by atomic mass is 16.5. The molecule has 1 aromatic heterocycles. The fourth-order valence-electron chi connectivity index (χ4n) is 2.22. The maximum atomic E-state index is 12.4. The Bertz CT molecular complexity index is 716. The first-order chi connectivity index (χ1) is 9.47. The molecular weight excluding hydrogens is 258 g/mol. The lowest BCUT2D eigenvalue weighted by atomic mass is 10.1. The molecule has 0 fully saturated rings. The van der Waals surface area contributed by atoms with Gasteiger partial charge in [0.05, 0.1) is 12.6 Å². The predicted octanol–water partition coefficient (Wildman–Crippen LogP) is 2.15. The molecule has 106 valence electrons. The number of benzene rings is 1. The maximum absolute atomic E-state index is 12.4. The maximum Gasteiger partial charge on any atom is 0.347 e. The number of hydrogen-bond acceptors (Lipinski definition) is 4. The van der Waals surface area contributed by atoms with E-state index in [1.54, 1.807) is 24.3 Å². The number of esters is 1. The highest BCUT2D eigenvalue weighted by Gasteiger charge is 2.22. The standard InChI is InChI=1S/C15H17NO4/c1-9(2)8-16-11-7-5-4-6-10(11)13(17)12(14(16)18)15(19)20-3/h4-7,9,17H,8H2,1-3H3. The third kappa shape index (κ3) is 2.27. The molecule has 0 spiro atoms. The third-order valence-corrected chi connectivity index (χ3v) is 3.08. The van der Waals surface area contributed by atoms with Gasteiger partial charge in [-0.15, -0.1) is 0 Å². The largest absolute Gasteiger partial charge is 0.506 e. The van der Waals surface area contributed by atoms with Gasteiger partial charge in [0.25, 0.3) is 5.56 Å². The van der Waals surface area contributed by atoms with E-state index in [4.69, 9.17) is 0 Å². The molecule has 2 rings (SSSR count). The van der Waals surface area contributed by atoms with Crippen LogP contribution in [0.1, 0.15) is 24.2 Å². The van der Waals surface area contributed by atoms with E-state index in [0.717, 1.165) is 0 Å². The van der Waals surface area contributed by atoms with Crippen LogP contribution >= 0.6 is 0 Å². The number of carbonyl (C=O) groups excluding carboxylic acids is 1. The van der Waals surface area contributed by atoms with Crippen molar-refractivity contribution in [3.63, 3.8) is 0 Å². The fourth-order valence-corrected chi connectivity index (χ4v) is 2.22. The Morgan fingerprint density at radius 1 is 1.35 bits per heavy atom. The summed E-state index contributed by atoms with van der Waals surface area (Å²) in [6.07, 6.45) is 0. The van der Waals surface area contributed by atoms with E-state index >= 15 is 0 Å². The van der Waals surface area contributed by atoms with Gasteiger partial charge in [0.1, 0.15) is 5.75 Å². The molecule has 0 saturated heterocycles. The van der Waals surface area contributed by atoms with Crippen molar-refractivity contribution in [1.29, 1.82) is 0 Å². The number of para-hydroxylation sites is 1. The molecule has 2 aromatic rings. The molecule has 1 N–H and O–H groups in total. The second-order valence-electron chi connectivity index (χ2n) is 5.04. The molecule has 0 amide bonds. The van der Waals surface area contributed by atoms with E-state index in [-0.39, 0.29) is 17.2 Å². The van der Waals surface area contributed by atoms with Gasteiger partial charge >= 0.3 is 5.97 Å². The lowest BCUT2D eigenvalue weighted by molar-refractivity contribution is 0.0595. The quantitative estimate of drug-likeness (QED) is 0.871. The summed E-state index contributed by atoms with van der Waals surface area (Å²) in [5, 5.41) is 10.6. The van der Waals surface area contributed by atoms with Gasteiger partial charge in [0, 0.05) is 11.9 Å². The number of pyridine rings is 1. The summed E-state index contributed by atoms with van der Waals surface area (Å²) in [4.78, 5) is 24.2. The van der Waals surface area contributed by atoms with Crippen molar-refractivity contribution in [1.82, 2.24) is 4.57 Å². The molecule has 0 radical (unpaired) electrons. The van der Waals surface area contributed by atoms with Crippen molar-refractivity contribution in [3.8, 4) is 5.75 Å². The first kappa shape index (κ1) is 14.1. The monoisotopic (exact) mass is 275 g/mol. The van der Waals surface area contributed by atoms with Gasteiger partial charge in [0.2, 0.25) is 0 Å². The number of carbonyl (C=O) groups is 1. The van der Waals surface area contributed by atoms with Crippen molar-refractivity contribution >= 4 is 16.9 Å². The summed E-state index contributed by atoms with van der Waals surface area (Å²) in [5.41, 5.74) is -0.232. The number of hydrogen-bond donors (Lipinski definition) is 1. The van der Waals surface area contributed by atoms with Crippen molar-refractivity contribution in [2.24, 2.45) is 5.92 Å². The van der Waals surface area contributed by atoms with Crippen LogP contribution in [-0.2, 0) is 11.3 Å². The van der Waals surface area contributed by atoms with Crippen LogP contribution in [0.4, 0.5) is 0 Å². The lowest BCUT2D eigenvalue weighted by Crippen LogP contribution is -2.29. The average molecular weight is 275 g/mol. The van der Waals surface area contributed by atoms with Crippen LogP contribution in [0.2, 0.25) is 0 Å². The number of nitrogens with zero attached hydrogens (tertiary/aromatic N) is 1. The molecule has 0 aliphatic rings. The normalized spacial score (nSPS) is 11.0. The van der Waals surface area contributed by atoms with E-state index < -0.39 is 11.5 Å². The summed E-state index contributed by atoms with van der Waals surface area (Å²) >= 11 is 0. The first-order valence-corrected chi connectivity index (χ1v) is 6.40. The van der Waals surface area contributed by atoms with Gasteiger partial charge in [-0.3, -0.25) is 4.79 Å². The minimum Gasteiger partial charge on any atom is -0.506 e. The highest BCUT2D eigenvalue weighted by Crippen LogP contribution is 2.26. The van der Waals surface area contributed by atoms with Gasteiger partial charge in [-0.1, -0.05) is 26.0 Å². The molecule has 1 aromatic carbocycles. The molecule has 0 bridgehead atoms. The third-order valence-electron chi connectivity index (χ3n) is 3.08. The minimum absolute atomic E-state index is 0.228. The summed E-state index contributed by atoms with van der Waals surface area (Å²) in [7, 11) is 1.18. The molecule has 5 nitrogen and oxygen atoms in total. The van der Waals surface area contributed by atoms with E-state index in [1.807, 2.05) is 13.8 Å². The van der Waals surface area contributed by atoms with Crippen LogP contribution in [0.3, 0.4) is 0 Å². The van der Waals surface area contributed by atoms with E-state index in [1.165, 1.54) is 11.7 Å². The van der Waals surface area contributed by atoms with Crippen molar-refractivity contribution < 1.29 is 14.6 Å². The fraction of sp³-hybridized carbons (Fsp3) is 0.333. The Morgan fingerprint density at radius 2 is 2.00 bits per heavy atom. The lowest BCUT2D eigenvalue weighted by Gasteiger charge is -2.15. The van der Waals surface area contributed by atoms with E-state index in [0.29, 0.717) is 17.4 Å². The predicted molar refractivity (Wildman–Crippen MR) is 76.1 cm³/mol. The molecule has 0 aliphatic carbocycles. The average Bonchev–Trinajstić information content (AvgIpc) is 2.43. The van der Waals surface area contributed by atoms with Gasteiger partial charge in [0.15, 0.2) is 5.56 Å². The smallest absolute Gasteiger partial charge is 0.347 e. The number of rotatable bonds is 3. The zero-order valence-electron chi connectivity index (χ0n) is 11.7. The molecular formula is C15H17NO4. The number of aromatic hydroxyl groups is 1. The number of fused-ring (bicyclic) bond motifs is 1. The molecule has 0 atom stereocenters.